The number of hydrogen-bond donors (Lipinski definition) is 1. The second kappa shape index (κ2) is 30.7. The quantitative estimate of drug-likeness (QED) is 0.0452. The lowest BCUT2D eigenvalue weighted by Crippen LogP contribution is -2.38. The van der Waals surface area contributed by atoms with E-state index >= 15 is 0 Å². The number of likely N-dealkylation sites (tertiary alicyclic amines) is 1. The highest BCUT2D eigenvalue weighted by molar-refractivity contribution is 5.69. The van der Waals surface area contributed by atoms with Crippen LogP contribution >= 0.6 is 0 Å². The molecule has 1 rings (SSSR count). The average molecular weight is 638 g/mol. The van der Waals surface area contributed by atoms with Gasteiger partial charge in [0.15, 0.2) is 6.29 Å². The number of unbranched alkanes of at least 4 members (excludes halogenated alkanes) is 16. The third-order valence-corrected chi connectivity index (χ3v) is 10.3. The van der Waals surface area contributed by atoms with E-state index in [4.69, 9.17) is 9.47 Å². The van der Waals surface area contributed by atoms with Crippen LogP contribution < -0.4 is 0 Å². The summed E-state index contributed by atoms with van der Waals surface area (Å²) in [6, 6.07) is 0. The number of carbonyl (C=O) groups excluding carboxylic acids is 1. The molecule has 0 spiro atoms. The molecule has 5 nitrogen and oxygen atoms in total. The van der Waals surface area contributed by atoms with Crippen molar-refractivity contribution in [2.45, 2.75) is 213 Å². The lowest BCUT2D eigenvalue weighted by atomic mass is 9.92. The van der Waals surface area contributed by atoms with Gasteiger partial charge in [0.1, 0.15) is 0 Å². The summed E-state index contributed by atoms with van der Waals surface area (Å²) >= 11 is 0. The molecule has 1 aliphatic heterocycles. The molecule has 1 heterocycles. The van der Waals surface area contributed by atoms with Crippen molar-refractivity contribution in [1.29, 1.82) is 0 Å². The number of aliphatic hydroxyl groups excluding tert-OH is 1. The molecule has 45 heavy (non-hydrogen) atoms. The van der Waals surface area contributed by atoms with Crippen LogP contribution in [0.5, 0.6) is 0 Å². The summed E-state index contributed by atoms with van der Waals surface area (Å²) in [7, 11) is 2.17. The summed E-state index contributed by atoms with van der Waals surface area (Å²) < 4.78 is 12.0. The van der Waals surface area contributed by atoms with Crippen molar-refractivity contribution in [3.8, 4) is 0 Å². The van der Waals surface area contributed by atoms with Crippen molar-refractivity contribution in [3.63, 3.8) is 0 Å². The van der Waals surface area contributed by atoms with Crippen LogP contribution in [0.2, 0.25) is 0 Å². The van der Waals surface area contributed by atoms with Gasteiger partial charge in [-0.25, -0.2) is 0 Å². The van der Waals surface area contributed by atoms with Crippen molar-refractivity contribution in [3.05, 3.63) is 0 Å². The van der Waals surface area contributed by atoms with Gasteiger partial charge in [0.05, 0.1) is 12.7 Å². The molecule has 268 valence electrons. The molecule has 1 saturated heterocycles. The van der Waals surface area contributed by atoms with Gasteiger partial charge in [-0.05, 0) is 64.6 Å². The van der Waals surface area contributed by atoms with E-state index in [1.54, 1.807) is 0 Å². The Bertz CT molecular complexity index is 626. The smallest absolute Gasteiger partial charge is 0.305 e. The molecule has 1 N–H and O–H groups in total. The number of hydrogen-bond acceptors (Lipinski definition) is 5. The fourth-order valence-corrected chi connectivity index (χ4v) is 6.97. The lowest BCUT2D eigenvalue weighted by molar-refractivity contribution is -0.176. The van der Waals surface area contributed by atoms with Crippen LogP contribution in [0.3, 0.4) is 0 Å². The van der Waals surface area contributed by atoms with E-state index in [1.165, 1.54) is 128 Å². The van der Waals surface area contributed by atoms with E-state index in [0.29, 0.717) is 13.0 Å². The number of piperidine rings is 1. The van der Waals surface area contributed by atoms with Crippen LogP contribution in [0.25, 0.3) is 0 Å². The summed E-state index contributed by atoms with van der Waals surface area (Å²) in [6.07, 6.45) is 33.3. The Labute approximate surface area is 281 Å². The minimum atomic E-state index is -0.606. The fourth-order valence-electron chi connectivity index (χ4n) is 6.97. The lowest BCUT2D eigenvalue weighted by Gasteiger charge is -2.33. The van der Waals surface area contributed by atoms with Crippen molar-refractivity contribution < 1.29 is 19.4 Å². The molecule has 0 amide bonds. The van der Waals surface area contributed by atoms with Gasteiger partial charge in [-0.3, -0.25) is 4.79 Å². The van der Waals surface area contributed by atoms with Gasteiger partial charge in [-0.1, -0.05) is 156 Å². The summed E-state index contributed by atoms with van der Waals surface area (Å²) in [5.41, 5.74) is 0. The average Bonchev–Trinajstić information content (AvgIpc) is 3.03. The minimum absolute atomic E-state index is 0.0000141. The Morgan fingerprint density at radius 1 is 0.644 bits per heavy atom. The summed E-state index contributed by atoms with van der Waals surface area (Å²) in [5, 5.41) is 10.9. The number of rotatable bonds is 32. The zero-order valence-electron chi connectivity index (χ0n) is 30.8. The van der Waals surface area contributed by atoms with Gasteiger partial charge in [0, 0.05) is 12.3 Å². The first kappa shape index (κ1) is 42.4. The third-order valence-electron chi connectivity index (χ3n) is 10.3. The zero-order chi connectivity index (χ0) is 32.8. The predicted octanol–water partition coefficient (Wildman–Crippen LogP) is 11.4. The second-order valence-corrected chi connectivity index (χ2v) is 14.6. The van der Waals surface area contributed by atoms with Crippen LogP contribution in [-0.4, -0.2) is 55.1 Å². The highest BCUT2D eigenvalue weighted by Gasteiger charge is 2.26. The van der Waals surface area contributed by atoms with Gasteiger partial charge in [-0.15, -0.1) is 0 Å². The standard InChI is InChI=1S/C40H79NO4/c1-5-8-11-12-13-14-17-22-27-38(45-40(43)37-30-33-41(4)34-31-37)28-23-18-15-16-19-24-29-39(42)44-35-32-36(25-20-9-6-2)26-21-10-7-3/h36-38,40,43H,5-35H2,1-4H3. The fraction of sp³-hybridized carbons (Fsp3) is 0.975. The molecular weight excluding hydrogens is 558 g/mol. The number of esters is 1. The first-order chi connectivity index (χ1) is 22.0. The Morgan fingerprint density at radius 2 is 1.09 bits per heavy atom. The number of aliphatic hydroxyl groups is 1. The van der Waals surface area contributed by atoms with E-state index in [2.05, 4.69) is 32.7 Å². The molecular formula is C40H79NO4. The van der Waals surface area contributed by atoms with Crippen LogP contribution in [0.15, 0.2) is 0 Å². The number of ether oxygens (including phenoxy) is 2. The van der Waals surface area contributed by atoms with Crippen molar-refractivity contribution >= 4 is 5.97 Å². The summed E-state index contributed by atoms with van der Waals surface area (Å²) in [6.45, 7) is 9.54. The minimum Gasteiger partial charge on any atom is -0.466 e. The Kier molecular flexibility index (Phi) is 28.9. The highest BCUT2D eigenvalue weighted by atomic mass is 16.6. The monoisotopic (exact) mass is 638 g/mol. The molecule has 0 aromatic heterocycles. The highest BCUT2D eigenvalue weighted by Crippen LogP contribution is 2.25. The molecule has 0 aromatic carbocycles. The molecule has 1 aliphatic rings. The second-order valence-electron chi connectivity index (χ2n) is 14.6. The molecule has 0 radical (unpaired) electrons. The van der Waals surface area contributed by atoms with Crippen LogP contribution in [0.1, 0.15) is 201 Å². The maximum atomic E-state index is 12.3. The van der Waals surface area contributed by atoms with E-state index < -0.39 is 6.29 Å². The molecule has 0 aliphatic carbocycles. The molecule has 1 fully saturated rings. The van der Waals surface area contributed by atoms with Crippen molar-refractivity contribution in [1.82, 2.24) is 4.90 Å². The van der Waals surface area contributed by atoms with Gasteiger partial charge >= 0.3 is 5.97 Å². The third kappa shape index (κ3) is 25.1. The topological polar surface area (TPSA) is 59.0 Å². The molecule has 0 saturated carbocycles. The molecule has 5 heteroatoms. The maximum absolute atomic E-state index is 12.3. The molecule has 2 unspecified atom stereocenters. The van der Waals surface area contributed by atoms with Crippen LogP contribution in [-0.2, 0) is 14.3 Å². The van der Waals surface area contributed by atoms with E-state index in [0.717, 1.165) is 64.0 Å². The Balaban J connectivity index is 2.21. The van der Waals surface area contributed by atoms with Gasteiger partial charge in [-0.2, -0.15) is 0 Å². The van der Waals surface area contributed by atoms with Gasteiger partial charge in [0.2, 0.25) is 0 Å². The Hall–Kier alpha value is -0.650. The number of nitrogens with zero attached hydrogens (tertiary/aromatic N) is 1. The summed E-state index contributed by atoms with van der Waals surface area (Å²) in [4.78, 5) is 14.7. The van der Waals surface area contributed by atoms with Crippen LogP contribution in [0, 0.1) is 11.8 Å². The molecule has 0 aromatic rings. The zero-order valence-corrected chi connectivity index (χ0v) is 30.8. The molecule has 2 atom stereocenters. The number of carbonyl (C=O) groups is 1. The van der Waals surface area contributed by atoms with E-state index in [9.17, 15) is 9.90 Å². The molecule has 0 bridgehead atoms. The Morgan fingerprint density at radius 3 is 1.62 bits per heavy atom. The first-order valence-electron chi connectivity index (χ1n) is 20.2. The van der Waals surface area contributed by atoms with E-state index in [-0.39, 0.29) is 18.0 Å². The van der Waals surface area contributed by atoms with Crippen LogP contribution in [0.4, 0.5) is 0 Å². The maximum Gasteiger partial charge on any atom is 0.305 e. The predicted molar refractivity (Wildman–Crippen MR) is 193 cm³/mol. The SMILES string of the molecule is CCCCCCCCCCC(CCCCCCCCC(=O)OCCC(CCCCC)CCCCC)OC(O)C1CCN(C)CC1. The van der Waals surface area contributed by atoms with Crippen molar-refractivity contribution in [2.24, 2.45) is 11.8 Å². The normalized spacial score (nSPS) is 16.0. The van der Waals surface area contributed by atoms with Gasteiger partial charge in [0.25, 0.3) is 0 Å². The van der Waals surface area contributed by atoms with Gasteiger partial charge < -0.3 is 19.5 Å². The van der Waals surface area contributed by atoms with E-state index in [1.807, 2.05) is 0 Å². The van der Waals surface area contributed by atoms with Crippen molar-refractivity contribution in [2.75, 3.05) is 26.7 Å². The summed E-state index contributed by atoms with van der Waals surface area (Å²) in [5.74, 6) is 1.01. The largest absolute Gasteiger partial charge is 0.466 e. The first-order valence-corrected chi connectivity index (χ1v) is 20.2.